The van der Waals surface area contributed by atoms with Crippen LogP contribution < -0.4 is 10.1 Å². The van der Waals surface area contributed by atoms with E-state index in [1.165, 1.54) is 10.5 Å². The Balaban J connectivity index is 1.43. The summed E-state index contributed by atoms with van der Waals surface area (Å²) in [5.74, 6) is 1.06. The Labute approximate surface area is 200 Å². The lowest BCUT2D eigenvalue weighted by atomic mass is 10.1. The Hall–Kier alpha value is -3.52. The van der Waals surface area contributed by atoms with Gasteiger partial charge in [-0.1, -0.05) is 36.4 Å². The minimum atomic E-state index is -0.443. The first kappa shape index (κ1) is 22.3. The Morgan fingerprint density at radius 3 is 2.74 bits per heavy atom. The van der Waals surface area contributed by atoms with Crippen LogP contribution in [0.5, 0.6) is 5.75 Å². The second-order valence-corrected chi connectivity index (χ2v) is 10.5. The molecule has 34 heavy (non-hydrogen) atoms. The van der Waals surface area contributed by atoms with Crippen LogP contribution in [0.2, 0.25) is 0 Å². The summed E-state index contributed by atoms with van der Waals surface area (Å²) >= 11 is 0. The van der Waals surface area contributed by atoms with Crippen LogP contribution in [-0.2, 0) is 4.79 Å². The highest BCUT2D eigenvalue weighted by atomic mass is 32.2. The van der Waals surface area contributed by atoms with Crippen molar-refractivity contribution >= 4 is 43.7 Å². The van der Waals surface area contributed by atoms with Gasteiger partial charge in [0.15, 0.2) is 5.17 Å². The number of nitrogens with one attached hydrogen (secondary N) is 1. The SMILES string of the molecule is COc1c(C(=O)N(C)C)cnc2ccc(/C=S3/CC(=O)N=C3N[C@@H]3C[C@H]3c3ccccc3)cc12. The molecule has 1 aliphatic heterocycles. The van der Waals surface area contributed by atoms with Crippen LogP contribution in [0.3, 0.4) is 0 Å². The van der Waals surface area contributed by atoms with Crippen molar-refractivity contribution in [2.75, 3.05) is 27.0 Å². The molecular formula is C26H26N4O3S. The number of aliphatic imine (C=N–C) groups is 1. The van der Waals surface area contributed by atoms with E-state index in [0.717, 1.165) is 28.1 Å². The van der Waals surface area contributed by atoms with Gasteiger partial charge in [-0.15, -0.1) is 10.5 Å². The van der Waals surface area contributed by atoms with Crippen LogP contribution in [-0.4, -0.2) is 65.2 Å². The molecule has 1 aromatic heterocycles. The summed E-state index contributed by atoms with van der Waals surface area (Å²) in [6, 6.07) is 16.6. The van der Waals surface area contributed by atoms with Gasteiger partial charge in [0.2, 0.25) is 0 Å². The van der Waals surface area contributed by atoms with Crippen LogP contribution in [0.1, 0.15) is 33.8 Å². The highest BCUT2D eigenvalue weighted by Crippen LogP contribution is 2.41. The lowest BCUT2D eigenvalue weighted by Crippen LogP contribution is -2.24. The van der Waals surface area contributed by atoms with Crippen molar-refractivity contribution in [1.82, 2.24) is 15.2 Å². The molecule has 3 aromatic rings. The molecule has 174 valence electrons. The first-order valence-electron chi connectivity index (χ1n) is 11.1. The van der Waals surface area contributed by atoms with Gasteiger partial charge in [-0.25, -0.2) is 0 Å². The Kier molecular flexibility index (Phi) is 5.91. The maximum atomic E-state index is 12.6. The van der Waals surface area contributed by atoms with Gasteiger partial charge < -0.3 is 15.0 Å². The van der Waals surface area contributed by atoms with E-state index in [1.54, 1.807) is 27.4 Å². The number of carbonyl (C=O) groups excluding carboxylic acids is 2. The summed E-state index contributed by atoms with van der Waals surface area (Å²) in [4.78, 5) is 35.0. The third-order valence-corrected chi connectivity index (χ3v) is 7.86. The second kappa shape index (κ2) is 9.02. The summed E-state index contributed by atoms with van der Waals surface area (Å²) < 4.78 is 5.62. The van der Waals surface area contributed by atoms with Crippen LogP contribution in [0.25, 0.3) is 10.9 Å². The maximum absolute atomic E-state index is 12.6. The number of rotatable bonds is 5. The molecule has 1 aliphatic carbocycles. The molecule has 2 aliphatic rings. The van der Waals surface area contributed by atoms with E-state index in [-0.39, 0.29) is 11.8 Å². The average molecular weight is 475 g/mol. The smallest absolute Gasteiger partial charge is 0.258 e. The van der Waals surface area contributed by atoms with Crippen LogP contribution in [0, 0.1) is 0 Å². The molecule has 5 rings (SSSR count). The van der Waals surface area contributed by atoms with E-state index < -0.39 is 10.5 Å². The number of hydrogen-bond donors (Lipinski definition) is 1. The third-order valence-electron chi connectivity index (χ3n) is 6.04. The molecule has 3 atom stereocenters. The van der Waals surface area contributed by atoms with Crippen molar-refractivity contribution in [3.63, 3.8) is 0 Å². The van der Waals surface area contributed by atoms with Gasteiger partial charge in [0.1, 0.15) is 11.3 Å². The fourth-order valence-corrected chi connectivity index (χ4v) is 5.89. The van der Waals surface area contributed by atoms with Crippen LogP contribution in [0.4, 0.5) is 0 Å². The molecular weight excluding hydrogens is 448 g/mol. The summed E-state index contributed by atoms with van der Waals surface area (Å²) in [6.45, 7) is 0. The molecule has 1 N–H and O–H groups in total. The maximum Gasteiger partial charge on any atom is 0.258 e. The fraction of sp³-hybridized carbons (Fsp3) is 0.269. The monoisotopic (exact) mass is 474 g/mol. The fourth-order valence-electron chi connectivity index (χ4n) is 4.23. The van der Waals surface area contributed by atoms with E-state index >= 15 is 0 Å². The van der Waals surface area contributed by atoms with Crippen molar-refractivity contribution < 1.29 is 14.3 Å². The molecule has 0 saturated heterocycles. The molecule has 8 heteroatoms. The van der Waals surface area contributed by atoms with Crippen molar-refractivity contribution in [2.24, 2.45) is 4.99 Å². The minimum absolute atomic E-state index is 0.0992. The number of fused-ring (bicyclic) bond motifs is 1. The highest BCUT2D eigenvalue weighted by Gasteiger charge is 2.40. The van der Waals surface area contributed by atoms with Gasteiger partial charge >= 0.3 is 0 Å². The number of hydrogen-bond acceptors (Lipinski definition) is 5. The lowest BCUT2D eigenvalue weighted by molar-refractivity contribution is -0.115. The van der Waals surface area contributed by atoms with E-state index in [0.29, 0.717) is 29.0 Å². The standard InChI is InChI=1S/C26H26N4O3S/c1-30(2)25(32)20-13-27-21-10-9-16(11-19(21)24(20)33-3)14-34-15-23(31)29-26(34)28-22-12-18(22)17-7-5-4-6-8-17/h4-11,13-14,18,22H,12,15H2,1-3H3,(H,28,29,31)/t18-,22+,34?/m0/s1. The molecule has 1 unspecified atom stereocenters. The van der Waals surface area contributed by atoms with Gasteiger partial charge in [-0.05, 0) is 35.0 Å². The molecule has 0 spiro atoms. The predicted molar refractivity (Wildman–Crippen MR) is 137 cm³/mol. The van der Waals surface area contributed by atoms with Gasteiger partial charge in [-0.2, -0.15) is 4.99 Å². The Morgan fingerprint density at radius 2 is 2.00 bits per heavy atom. The van der Waals surface area contributed by atoms with Crippen molar-refractivity contribution in [1.29, 1.82) is 0 Å². The molecule has 2 aromatic carbocycles. The number of benzene rings is 2. The number of methoxy groups -OCH3 is 1. The highest BCUT2D eigenvalue weighted by molar-refractivity contribution is 8.28. The summed E-state index contributed by atoms with van der Waals surface area (Å²) in [5, 5.41) is 7.12. The van der Waals surface area contributed by atoms with Gasteiger partial charge in [-0.3, -0.25) is 14.6 Å². The molecule has 1 fully saturated rings. The topological polar surface area (TPSA) is 83.9 Å². The lowest BCUT2D eigenvalue weighted by Gasteiger charge is -2.15. The Morgan fingerprint density at radius 1 is 1.21 bits per heavy atom. The van der Waals surface area contributed by atoms with Crippen molar-refractivity contribution in [2.45, 2.75) is 18.4 Å². The molecule has 0 radical (unpaired) electrons. The zero-order valence-electron chi connectivity index (χ0n) is 19.3. The second-order valence-electron chi connectivity index (χ2n) is 8.69. The first-order chi connectivity index (χ1) is 16.4. The minimum Gasteiger partial charge on any atom is -0.495 e. The summed E-state index contributed by atoms with van der Waals surface area (Å²) in [5.41, 5.74) is 3.40. The Bertz CT molecular complexity index is 1350. The summed E-state index contributed by atoms with van der Waals surface area (Å²) in [7, 11) is 4.51. The zero-order valence-corrected chi connectivity index (χ0v) is 20.1. The molecule has 7 nitrogen and oxygen atoms in total. The molecule has 0 bridgehead atoms. The normalized spacial score (nSPS) is 21.4. The van der Waals surface area contributed by atoms with Crippen LogP contribution >= 0.6 is 10.5 Å². The number of carbonyl (C=O) groups is 2. The van der Waals surface area contributed by atoms with E-state index in [4.69, 9.17) is 4.74 Å². The van der Waals surface area contributed by atoms with Crippen molar-refractivity contribution in [3.05, 3.63) is 71.4 Å². The van der Waals surface area contributed by atoms with Gasteiger partial charge in [0.05, 0.1) is 18.4 Å². The zero-order chi connectivity index (χ0) is 23.8. The largest absolute Gasteiger partial charge is 0.495 e. The third kappa shape index (κ3) is 4.33. The number of nitrogens with zero attached hydrogens (tertiary/aromatic N) is 3. The van der Waals surface area contributed by atoms with Crippen molar-refractivity contribution in [3.8, 4) is 5.75 Å². The average Bonchev–Trinajstić information content (AvgIpc) is 3.53. The summed E-state index contributed by atoms with van der Waals surface area (Å²) in [6.07, 6.45) is 2.59. The van der Waals surface area contributed by atoms with Gasteiger partial charge in [0, 0.05) is 37.6 Å². The van der Waals surface area contributed by atoms with E-state index in [9.17, 15) is 9.59 Å². The number of aromatic nitrogens is 1. The molecule has 2 amide bonds. The number of amides is 2. The number of pyridine rings is 1. The number of amidine groups is 1. The first-order valence-corrected chi connectivity index (χ1v) is 12.6. The van der Waals surface area contributed by atoms with E-state index in [2.05, 4.69) is 44.9 Å². The molecule has 1 saturated carbocycles. The predicted octanol–water partition coefficient (Wildman–Crippen LogP) is 3.41. The molecule has 2 heterocycles. The van der Waals surface area contributed by atoms with E-state index in [1.807, 2.05) is 24.3 Å². The quantitative estimate of drug-likeness (QED) is 0.573. The van der Waals surface area contributed by atoms with Crippen LogP contribution in [0.15, 0.2) is 59.7 Å². The van der Waals surface area contributed by atoms with Gasteiger partial charge in [0.25, 0.3) is 11.8 Å². The number of ether oxygens (including phenoxy) is 1.